The van der Waals surface area contributed by atoms with E-state index in [0.29, 0.717) is 31.3 Å². The van der Waals surface area contributed by atoms with Crippen molar-refractivity contribution in [2.75, 3.05) is 38.6 Å². The quantitative estimate of drug-likeness (QED) is 0.698. The molecule has 2 heterocycles. The van der Waals surface area contributed by atoms with Gasteiger partial charge in [0.1, 0.15) is 0 Å². The molecule has 1 aromatic heterocycles. The lowest BCUT2D eigenvalue weighted by Gasteiger charge is -2.32. The van der Waals surface area contributed by atoms with E-state index < -0.39 is 0 Å². The molecule has 0 bridgehead atoms. The van der Waals surface area contributed by atoms with Crippen LogP contribution in [0.15, 0.2) is 40.9 Å². The Morgan fingerprint density at radius 2 is 2.10 bits per heavy atom. The molecule has 0 spiro atoms. The number of carbonyl (C=O) groups excluding carboxylic acids is 1. The maximum absolute atomic E-state index is 12.4. The van der Waals surface area contributed by atoms with Gasteiger partial charge in [0.15, 0.2) is 5.76 Å². The summed E-state index contributed by atoms with van der Waals surface area (Å²) in [6, 6.07) is 12.2. The fourth-order valence-electron chi connectivity index (χ4n) is 3.89. The van der Waals surface area contributed by atoms with Crippen LogP contribution < -0.4 is 10.2 Å². The highest BCUT2D eigenvalue weighted by Crippen LogP contribution is 2.27. The molecule has 1 fully saturated rings. The van der Waals surface area contributed by atoms with Crippen molar-refractivity contribution in [3.63, 3.8) is 0 Å². The Kier molecular flexibility index (Phi) is 7.31. The number of para-hydroxylation sites is 1. The Labute approximate surface area is 173 Å². The third kappa shape index (κ3) is 5.85. The number of benzene rings is 1. The molecule has 1 aliphatic heterocycles. The number of aromatic nitrogens is 1. The van der Waals surface area contributed by atoms with Gasteiger partial charge in [0, 0.05) is 32.3 Å². The molecule has 6 heteroatoms. The van der Waals surface area contributed by atoms with Crippen LogP contribution in [0.2, 0.25) is 0 Å². The molecule has 1 saturated heterocycles. The van der Waals surface area contributed by atoms with Crippen molar-refractivity contribution < 1.29 is 9.32 Å². The Bertz CT molecular complexity index is 827. The summed E-state index contributed by atoms with van der Waals surface area (Å²) in [6.45, 7) is 2.86. The number of amides is 1. The zero-order chi connectivity index (χ0) is 20.6. The van der Waals surface area contributed by atoms with Gasteiger partial charge < -0.3 is 19.6 Å². The maximum atomic E-state index is 12.4. The Morgan fingerprint density at radius 1 is 1.31 bits per heavy atom. The van der Waals surface area contributed by atoms with E-state index in [1.165, 1.54) is 0 Å². The molecular weight excluding hydrogens is 364 g/mol. The topological polar surface area (TPSA) is 61.6 Å². The van der Waals surface area contributed by atoms with Crippen LogP contribution in [0.25, 0.3) is 0 Å². The highest BCUT2D eigenvalue weighted by Gasteiger charge is 2.29. The van der Waals surface area contributed by atoms with Gasteiger partial charge in [0.25, 0.3) is 0 Å². The Morgan fingerprint density at radius 3 is 2.86 bits per heavy atom. The van der Waals surface area contributed by atoms with Crippen molar-refractivity contribution in [1.82, 2.24) is 15.4 Å². The Balaban J connectivity index is 1.58. The average Bonchev–Trinajstić information content (AvgIpc) is 3.17. The largest absolute Gasteiger partial charge is 0.367 e. The lowest BCUT2D eigenvalue weighted by Crippen LogP contribution is -2.40. The summed E-state index contributed by atoms with van der Waals surface area (Å²) >= 11 is 0. The van der Waals surface area contributed by atoms with Crippen LogP contribution >= 0.6 is 0 Å². The van der Waals surface area contributed by atoms with E-state index in [4.69, 9.17) is 10.9 Å². The molecule has 0 aliphatic carbocycles. The lowest BCUT2D eigenvalue weighted by atomic mass is 9.81. The Hall–Kier alpha value is -2.78. The van der Waals surface area contributed by atoms with E-state index in [-0.39, 0.29) is 5.91 Å². The molecule has 29 heavy (non-hydrogen) atoms. The minimum absolute atomic E-state index is 0.116. The van der Waals surface area contributed by atoms with Crippen LogP contribution in [0.3, 0.4) is 0 Å². The molecular formula is C23H30N4O2. The van der Waals surface area contributed by atoms with Crippen LogP contribution in [-0.2, 0) is 17.8 Å². The number of rotatable bonds is 8. The number of hydrogen-bond acceptors (Lipinski definition) is 5. The predicted octanol–water partition coefficient (Wildman–Crippen LogP) is 2.56. The first-order chi connectivity index (χ1) is 14.1. The molecule has 0 unspecified atom stereocenters. The zero-order valence-electron chi connectivity index (χ0n) is 17.3. The normalized spacial score (nSPS) is 18.8. The minimum Gasteiger partial charge on any atom is -0.367 e. The molecule has 0 saturated carbocycles. The van der Waals surface area contributed by atoms with Gasteiger partial charge in [-0.1, -0.05) is 29.3 Å². The van der Waals surface area contributed by atoms with E-state index in [9.17, 15) is 4.79 Å². The van der Waals surface area contributed by atoms with Crippen LogP contribution in [0, 0.1) is 24.2 Å². The van der Waals surface area contributed by atoms with Crippen molar-refractivity contribution in [2.45, 2.75) is 25.8 Å². The van der Waals surface area contributed by atoms with Crippen molar-refractivity contribution >= 4 is 11.6 Å². The third-order valence-corrected chi connectivity index (χ3v) is 5.63. The number of terminal acetylenes is 1. The first-order valence-electron chi connectivity index (χ1n) is 10.2. The summed E-state index contributed by atoms with van der Waals surface area (Å²) in [7, 11) is 3.81. The monoisotopic (exact) mass is 394 g/mol. The smallest absolute Gasteiger partial charge is 0.223 e. The molecule has 3 rings (SSSR count). The molecule has 6 nitrogen and oxygen atoms in total. The van der Waals surface area contributed by atoms with Gasteiger partial charge in [0.2, 0.25) is 5.91 Å². The zero-order valence-corrected chi connectivity index (χ0v) is 17.3. The molecule has 1 amide bonds. The van der Waals surface area contributed by atoms with Crippen molar-refractivity contribution in [3.05, 3.63) is 47.9 Å². The van der Waals surface area contributed by atoms with Crippen LogP contribution in [-0.4, -0.2) is 49.7 Å². The molecule has 1 N–H and O–H groups in total. The number of piperidine rings is 1. The van der Waals surface area contributed by atoms with Crippen molar-refractivity contribution in [1.29, 1.82) is 0 Å². The fraction of sp³-hybridized carbons (Fsp3) is 0.478. The van der Waals surface area contributed by atoms with Gasteiger partial charge in [-0.3, -0.25) is 4.79 Å². The van der Waals surface area contributed by atoms with Crippen LogP contribution in [0.5, 0.6) is 0 Å². The maximum Gasteiger partial charge on any atom is 0.223 e. The van der Waals surface area contributed by atoms with Gasteiger partial charge in [-0.15, -0.1) is 6.42 Å². The highest BCUT2D eigenvalue weighted by atomic mass is 16.5. The van der Waals surface area contributed by atoms with Gasteiger partial charge >= 0.3 is 0 Å². The lowest BCUT2D eigenvalue weighted by molar-refractivity contribution is -0.131. The molecule has 1 aliphatic rings. The third-order valence-electron chi connectivity index (χ3n) is 5.63. The van der Waals surface area contributed by atoms with Gasteiger partial charge in [-0.2, -0.15) is 0 Å². The number of anilines is 1. The number of hydrogen-bond donors (Lipinski definition) is 1. The molecule has 1 aromatic carbocycles. The second-order valence-electron chi connectivity index (χ2n) is 7.85. The van der Waals surface area contributed by atoms with E-state index in [0.717, 1.165) is 43.1 Å². The summed E-state index contributed by atoms with van der Waals surface area (Å²) in [4.78, 5) is 16.2. The molecule has 2 atom stereocenters. The standard InChI is InChI=1S/C23H30N4O2/c1-4-12-26(2)23(28)14-18-10-11-24-16-19(18)13-20-15-22(29-25-20)17-27(3)21-8-6-5-7-9-21/h1,5-9,15,18-19,24H,10-14,16-17H2,2-3H3/t18-,19-/m0/s1. The van der Waals surface area contributed by atoms with Crippen LogP contribution in [0.4, 0.5) is 5.69 Å². The fourth-order valence-corrected chi connectivity index (χ4v) is 3.89. The van der Waals surface area contributed by atoms with Gasteiger partial charge in [0.05, 0.1) is 18.8 Å². The van der Waals surface area contributed by atoms with Crippen molar-refractivity contribution in [2.24, 2.45) is 11.8 Å². The first-order valence-corrected chi connectivity index (χ1v) is 10.2. The summed E-state index contributed by atoms with van der Waals surface area (Å²) < 4.78 is 5.58. The predicted molar refractivity (Wildman–Crippen MR) is 114 cm³/mol. The summed E-state index contributed by atoms with van der Waals surface area (Å²) in [5.41, 5.74) is 2.08. The highest BCUT2D eigenvalue weighted by molar-refractivity contribution is 5.76. The van der Waals surface area contributed by atoms with E-state index >= 15 is 0 Å². The second kappa shape index (κ2) is 10.1. The molecule has 154 valence electrons. The number of carbonyl (C=O) groups is 1. The van der Waals surface area contributed by atoms with Gasteiger partial charge in [-0.05, 0) is 49.9 Å². The minimum atomic E-state index is 0.116. The number of nitrogens with one attached hydrogen (secondary N) is 1. The first kappa shape index (κ1) is 20.9. The summed E-state index contributed by atoms with van der Waals surface area (Å²) in [5, 5.41) is 7.73. The molecule has 2 aromatic rings. The second-order valence-corrected chi connectivity index (χ2v) is 7.85. The summed E-state index contributed by atoms with van der Waals surface area (Å²) in [5.74, 6) is 4.18. The van der Waals surface area contributed by atoms with Gasteiger partial charge in [-0.25, -0.2) is 0 Å². The van der Waals surface area contributed by atoms with E-state index in [1.807, 2.05) is 31.3 Å². The average molecular weight is 395 g/mol. The summed E-state index contributed by atoms with van der Waals surface area (Å²) in [6.07, 6.45) is 7.66. The number of nitrogens with zero attached hydrogens (tertiary/aromatic N) is 3. The van der Waals surface area contributed by atoms with E-state index in [1.54, 1.807) is 11.9 Å². The molecule has 0 radical (unpaired) electrons. The SMILES string of the molecule is C#CCN(C)C(=O)C[C@@H]1CCNC[C@@H]1Cc1cc(CN(C)c2ccccc2)on1. The van der Waals surface area contributed by atoms with Crippen LogP contribution in [0.1, 0.15) is 24.3 Å². The van der Waals surface area contributed by atoms with E-state index in [2.05, 4.69) is 33.4 Å². The van der Waals surface area contributed by atoms with Crippen molar-refractivity contribution in [3.8, 4) is 12.3 Å².